The van der Waals surface area contributed by atoms with Crippen molar-refractivity contribution in [3.8, 4) is 0 Å². The fraction of sp³-hybridized carbons (Fsp3) is 0.261. The van der Waals surface area contributed by atoms with Crippen LogP contribution in [-0.2, 0) is 20.1 Å². The summed E-state index contributed by atoms with van der Waals surface area (Å²) >= 11 is 0. The number of hydrogen-bond acceptors (Lipinski definition) is 4. The van der Waals surface area contributed by atoms with Gasteiger partial charge in [0, 0.05) is 25.8 Å². The van der Waals surface area contributed by atoms with Crippen LogP contribution in [0.25, 0.3) is 11.2 Å². The number of aromatic nitrogens is 4. The first-order valence-corrected chi connectivity index (χ1v) is 10.0. The zero-order valence-electron chi connectivity index (χ0n) is 17.3. The minimum Gasteiger partial charge on any atom is -0.310 e. The second kappa shape index (κ2) is 6.73. The largest absolute Gasteiger partial charge is 0.332 e. The Morgan fingerprint density at radius 1 is 0.967 bits per heavy atom. The molecule has 0 amide bonds. The monoisotopic (exact) mass is 401 g/mol. The molecule has 3 heterocycles. The van der Waals surface area contributed by atoms with Crippen LogP contribution in [0.15, 0.2) is 58.1 Å². The quantitative estimate of drug-likeness (QED) is 0.530. The van der Waals surface area contributed by atoms with E-state index in [0.29, 0.717) is 23.7 Å². The third-order valence-electron chi connectivity index (χ3n) is 5.77. The Kier molecular flexibility index (Phi) is 4.13. The van der Waals surface area contributed by atoms with Crippen LogP contribution in [0.2, 0.25) is 0 Å². The van der Waals surface area contributed by atoms with Crippen molar-refractivity contribution in [1.82, 2.24) is 18.7 Å². The number of imidazole rings is 1. The van der Waals surface area contributed by atoms with Crippen LogP contribution < -0.4 is 16.1 Å². The van der Waals surface area contributed by atoms with Gasteiger partial charge in [0.15, 0.2) is 11.2 Å². The highest BCUT2D eigenvalue weighted by Crippen LogP contribution is 2.31. The van der Waals surface area contributed by atoms with Gasteiger partial charge in [-0.15, -0.1) is 0 Å². The molecule has 0 unspecified atom stereocenters. The third-order valence-corrected chi connectivity index (χ3v) is 5.77. The van der Waals surface area contributed by atoms with Gasteiger partial charge in [0.05, 0.1) is 6.54 Å². The van der Waals surface area contributed by atoms with E-state index in [2.05, 4.69) is 36.1 Å². The van der Waals surface area contributed by atoms with E-state index < -0.39 is 0 Å². The second-order valence-corrected chi connectivity index (χ2v) is 7.94. The summed E-state index contributed by atoms with van der Waals surface area (Å²) in [5, 5.41) is 0. The van der Waals surface area contributed by atoms with Gasteiger partial charge in [0.1, 0.15) is 0 Å². The number of nitrogens with zero attached hydrogens (tertiary/aromatic N) is 5. The van der Waals surface area contributed by atoms with Crippen molar-refractivity contribution in [3.05, 3.63) is 86.1 Å². The Morgan fingerprint density at radius 3 is 2.47 bits per heavy atom. The molecule has 0 radical (unpaired) electrons. The molecule has 4 aromatic rings. The average Bonchev–Trinajstić information content (AvgIpc) is 3.30. The van der Waals surface area contributed by atoms with Crippen LogP contribution in [0.3, 0.4) is 0 Å². The molecule has 1 aliphatic heterocycles. The zero-order valence-corrected chi connectivity index (χ0v) is 17.3. The second-order valence-electron chi connectivity index (χ2n) is 7.94. The summed E-state index contributed by atoms with van der Waals surface area (Å²) in [7, 11) is 1.68. The van der Waals surface area contributed by atoms with E-state index in [4.69, 9.17) is 4.98 Å². The molecule has 0 atom stereocenters. The van der Waals surface area contributed by atoms with Gasteiger partial charge in [-0.05, 0) is 31.5 Å². The maximum absolute atomic E-state index is 13.4. The molecule has 7 nitrogen and oxygen atoms in total. The Hall–Kier alpha value is -3.61. The normalized spacial score (nSPS) is 13.2. The summed E-state index contributed by atoms with van der Waals surface area (Å²) in [4.78, 5) is 33.1. The molecule has 7 heteroatoms. The van der Waals surface area contributed by atoms with E-state index in [0.717, 1.165) is 23.4 Å². The van der Waals surface area contributed by atoms with Crippen LogP contribution in [0.5, 0.6) is 0 Å². The molecule has 2 aromatic heterocycles. The van der Waals surface area contributed by atoms with E-state index in [1.54, 1.807) is 7.05 Å². The number of rotatable bonds is 3. The molecule has 1 aliphatic rings. The lowest BCUT2D eigenvalue weighted by Crippen LogP contribution is -2.40. The Balaban J connectivity index is 1.67. The Labute approximate surface area is 173 Å². The first-order valence-electron chi connectivity index (χ1n) is 10.0. The first kappa shape index (κ1) is 18.4. The predicted molar refractivity (Wildman–Crippen MR) is 118 cm³/mol. The number of fused-ring (bicyclic) bond motifs is 3. The zero-order chi connectivity index (χ0) is 21.0. The Morgan fingerprint density at radius 2 is 1.73 bits per heavy atom. The highest BCUT2D eigenvalue weighted by molar-refractivity contribution is 5.77. The van der Waals surface area contributed by atoms with E-state index >= 15 is 0 Å². The fourth-order valence-corrected chi connectivity index (χ4v) is 4.18. The summed E-state index contributed by atoms with van der Waals surface area (Å²) in [6.45, 7) is 5.68. The standard InChI is InChI=1S/C23H23N5O2/c1-15-7-9-18(10-8-15)26-11-12-27-19-20(24-22(26)27)25(3)23(30)28(21(19)29)14-17-6-4-5-16(2)13-17/h4-10,13H,11-12,14H2,1-3H3. The van der Waals surface area contributed by atoms with Crippen molar-refractivity contribution in [3.63, 3.8) is 0 Å². The molecular weight excluding hydrogens is 378 g/mol. The van der Waals surface area contributed by atoms with Gasteiger partial charge in [0.2, 0.25) is 5.95 Å². The number of benzene rings is 2. The first-order chi connectivity index (χ1) is 14.4. The number of hydrogen-bond donors (Lipinski definition) is 0. The number of anilines is 2. The van der Waals surface area contributed by atoms with Gasteiger partial charge in [0.25, 0.3) is 5.56 Å². The van der Waals surface area contributed by atoms with Crippen molar-refractivity contribution >= 4 is 22.8 Å². The van der Waals surface area contributed by atoms with E-state index in [9.17, 15) is 9.59 Å². The summed E-state index contributed by atoms with van der Waals surface area (Å²) in [6.07, 6.45) is 0. The molecule has 0 bridgehead atoms. The summed E-state index contributed by atoms with van der Waals surface area (Å²) < 4.78 is 4.72. The van der Waals surface area contributed by atoms with Crippen molar-refractivity contribution in [2.45, 2.75) is 26.9 Å². The van der Waals surface area contributed by atoms with Crippen LogP contribution in [0, 0.1) is 13.8 Å². The molecule has 0 fully saturated rings. The molecule has 0 saturated carbocycles. The molecule has 0 aliphatic carbocycles. The maximum atomic E-state index is 13.4. The van der Waals surface area contributed by atoms with E-state index in [1.165, 1.54) is 14.7 Å². The van der Waals surface area contributed by atoms with Crippen molar-refractivity contribution in [2.75, 3.05) is 11.4 Å². The molecule has 0 spiro atoms. The highest BCUT2D eigenvalue weighted by Gasteiger charge is 2.28. The average molecular weight is 401 g/mol. The minimum absolute atomic E-state index is 0.241. The van der Waals surface area contributed by atoms with E-state index in [1.807, 2.05) is 35.8 Å². The summed E-state index contributed by atoms with van der Waals surface area (Å²) in [5.41, 5.74) is 4.50. The summed E-state index contributed by atoms with van der Waals surface area (Å²) in [5.74, 6) is 0.703. The molecule has 30 heavy (non-hydrogen) atoms. The summed E-state index contributed by atoms with van der Waals surface area (Å²) in [6, 6.07) is 16.1. The lowest BCUT2D eigenvalue weighted by molar-refractivity contribution is 0.652. The van der Waals surface area contributed by atoms with Crippen LogP contribution in [-0.4, -0.2) is 25.2 Å². The Bertz CT molecular complexity index is 1390. The third kappa shape index (κ3) is 2.77. The maximum Gasteiger partial charge on any atom is 0.332 e. The van der Waals surface area contributed by atoms with Crippen LogP contribution >= 0.6 is 0 Å². The van der Waals surface area contributed by atoms with Gasteiger partial charge < -0.3 is 9.47 Å². The van der Waals surface area contributed by atoms with Crippen LogP contribution in [0.1, 0.15) is 16.7 Å². The van der Waals surface area contributed by atoms with Gasteiger partial charge >= 0.3 is 5.69 Å². The van der Waals surface area contributed by atoms with Gasteiger partial charge in [-0.25, -0.2) is 4.79 Å². The molecular formula is C23H23N5O2. The van der Waals surface area contributed by atoms with Crippen molar-refractivity contribution in [2.24, 2.45) is 7.05 Å². The fourth-order valence-electron chi connectivity index (χ4n) is 4.18. The molecule has 152 valence electrons. The van der Waals surface area contributed by atoms with Crippen molar-refractivity contribution < 1.29 is 0 Å². The topological polar surface area (TPSA) is 65.1 Å². The van der Waals surface area contributed by atoms with Crippen LogP contribution in [0.4, 0.5) is 11.6 Å². The van der Waals surface area contributed by atoms with Gasteiger partial charge in [-0.1, -0.05) is 47.5 Å². The smallest absolute Gasteiger partial charge is 0.310 e. The minimum atomic E-state index is -0.354. The molecule has 5 rings (SSSR count). The lowest BCUT2D eigenvalue weighted by Gasteiger charge is -2.16. The molecule has 0 N–H and O–H groups in total. The lowest BCUT2D eigenvalue weighted by atomic mass is 10.1. The van der Waals surface area contributed by atoms with Gasteiger partial charge in [-0.2, -0.15) is 4.98 Å². The SMILES string of the molecule is Cc1ccc(N2CCn3c2nc2c3c(=O)n(Cc3cccc(C)c3)c(=O)n2C)cc1. The molecule has 0 saturated heterocycles. The van der Waals surface area contributed by atoms with E-state index in [-0.39, 0.29) is 17.8 Å². The highest BCUT2D eigenvalue weighted by atomic mass is 16.2. The van der Waals surface area contributed by atoms with Crippen molar-refractivity contribution in [1.29, 1.82) is 0 Å². The molecule has 2 aromatic carbocycles. The predicted octanol–water partition coefficient (Wildman–Crippen LogP) is 2.71. The van der Waals surface area contributed by atoms with Gasteiger partial charge in [-0.3, -0.25) is 13.9 Å². The number of aryl methyl sites for hydroxylation is 3.